The highest BCUT2D eigenvalue weighted by Gasteiger charge is 2.52. The normalized spacial score (nSPS) is 33.2. The molecular formula is C17H21Cl2NO6. The fraction of sp³-hybridized carbons (Fsp3) is 0.588. The maximum absolute atomic E-state index is 11.6. The van der Waals surface area contributed by atoms with E-state index in [2.05, 4.69) is 5.32 Å². The van der Waals surface area contributed by atoms with Crippen molar-refractivity contribution < 1.29 is 28.8 Å². The van der Waals surface area contributed by atoms with Crippen LogP contribution in [0.25, 0.3) is 0 Å². The highest BCUT2D eigenvalue weighted by atomic mass is 35.5. The van der Waals surface area contributed by atoms with E-state index >= 15 is 0 Å². The van der Waals surface area contributed by atoms with Crippen molar-refractivity contribution in [1.82, 2.24) is 5.32 Å². The van der Waals surface area contributed by atoms with E-state index in [4.69, 9.17) is 42.1 Å². The van der Waals surface area contributed by atoms with Gasteiger partial charge in [0, 0.05) is 11.9 Å². The fourth-order valence-electron chi connectivity index (χ4n) is 3.03. The zero-order valence-corrected chi connectivity index (χ0v) is 16.1. The Kier molecular flexibility index (Phi) is 5.67. The van der Waals surface area contributed by atoms with Gasteiger partial charge in [-0.2, -0.15) is 0 Å². The smallest absolute Gasteiger partial charge is 0.223 e. The van der Waals surface area contributed by atoms with Crippen molar-refractivity contribution in [3.63, 3.8) is 0 Å². The summed E-state index contributed by atoms with van der Waals surface area (Å²) in [6.45, 7) is 5.06. The summed E-state index contributed by atoms with van der Waals surface area (Å²) in [5.41, 5.74) is 0. The minimum Gasteiger partial charge on any atom is -0.461 e. The Bertz CT molecular complexity index is 685. The Morgan fingerprint density at radius 1 is 1.38 bits per heavy atom. The van der Waals surface area contributed by atoms with Gasteiger partial charge in [0.15, 0.2) is 5.79 Å². The minimum atomic E-state index is -1.06. The van der Waals surface area contributed by atoms with Crippen LogP contribution in [0.1, 0.15) is 20.8 Å². The van der Waals surface area contributed by atoms with Crippen LogP contribution in [-0.2, 0) is 19.0 Å². The predicted octanol–water partition coefficient (Wildman–Crippen LogP) is 2.11. The molecule has 3 rings (SSSR count). The Labute approximate surface area is 161 Å². The van der Waals surface area contributed by atoms with E-state index in [9.17, 15) is 9.90 Å². The summed E-state index contributed by atoms with van der Waals surface area (Å²) in [5.74, 6) is -0.877. The lowest BCUT2D eigenvalue weighted by atomic mass is 9.95. The van der Waals surface area contributed by atoms with Gasteiger partial charge in [0.25, 0.3) is 0 Å². The largest absolute Gasteiger partial charge is 0.461 e. The van der Waals surface area contributed by atoms with Crippen LogP contribution in [-0.4, -0.2) is 54.1 Å². The van der Waals surface area contributed by atoms with E-state index in [0.29, 0.717) is 10.8 Å². The van der Waals surface area contributed by atoms with E-state index in [1.807, 2.05) is 0 Å². The van der Waals surface area contributed by atoms with Crippen molar-refractivity contribution >= 4 is 29.1 Å². The van der Waals surface area contributed by atoms with Crippen molar-refractivity contribution in [2.24, 2.45) is 0 Å². The van der Waals surface area contributed by atoms with Crippen molar-refractivity contribution in [3.8, 4) is 5.75 Å². The molecular weight excluding hydrogens is 385 g/mol. The standard InChI is InChI=1S/C17H21Cl2NO6/c1-8(21)20-13-14(22)15-12(7-23-17(2,3)26-15)25-16(13)24-11-5-4-9(18)6-10(11)19/h4-6,12-16,22H,7H2,1-3H3,(H,20,21)/t12-,13-,14-,15-,16-/m1/s1. The van der Waals surface area contributed by atoms with Crippen LogP contribution >= 0.6 is 23.2 Å². The van der Waals surface area contributed by atoms with Crippen LogP contribution in [0, 0.1) is 0 Å². The fourth-order valence-corrected chi connectivity index (χ4v) is 3.48. The molecule has 7 nitrogen and oxygen atoms in total. The van der Waals surface area contributed by atoms with E-state index in [-0.39, 0.29) is 17.5 Å². The molecule has 0 bridgehead atoms. The summed E-state index contributed by atoms with van der Waals surface area (Å²) in [6.07, 6.45) is -3.27. The third-order valence-electron chi connectivity index (χ3n) is 4.20. The van der Waals surface area contributed by atoms with Crippen LogP contribution in [0.3, 0.4) is 0 Å². The van der Waals surface area contributed by atoms with Crippen molar-refractivity contribution in [2.45, 2.75) is 57.2 Å². The summed E-state index contributed by atoms with van der Waals surface area (Å²) in [6, 6.07) is 3.89. The number of amides is 1. The van der Waals surface area contributed by atoms with Gasteiger partial charge in [-0.25, -0.2) is 0 Å². The first-order valence-corrected chi connectivity index (χ1v) is 8.96. The number of carbonyl (C=O) groups is 1. The molecule has 1 amide bonds. The van der Waals surface area contributed by atoms with E-state index < -0.39 is 36.4 Å². The van der Waals surface area contributed by atoms with Gasteiger partial charge < -0.3 is 29.4 Å². The second-order valence-corrected chi connectivity index (χ2v) is 7.59. The second kappa shape index (κ2) is 7.50. The highest BCUT2D eigenvalue weighted by Crippen LogP contribution is 2.35. The number of rotatable bonds is 3. The lowest BCUT2D eigenvalue weighted by Crippen LogP contribution is -2.69. The van der Waals surface area contributed by atoms with Gasteiger partial charge in [0.1, 0.15) is 30.1 Å². The number of hydrogen-bond donors (Lipinski definition) is 2. The number of halogens is 2. The molecule has 0 aliphatic carbocycles. The number of aliphatic hydroxyl groups is 1. The monoisotopic (exact) mass is 405 g/mol. The molecule has 2 aliphatic heterocycles. The summed E-state index contributed by atoms with van der Waals surface area (Å²) in [5, 5.41) is 14.2. The molecule has 0 saturated carbocycles. The van der Waals surface area contributed by atoms with Gasteiger partial charge in [-0.1, -0.05) is 23.2 Å². The third-order valence-corrected chi connectivity index (χ3v) is 4.73. The Morgan fingerprint density at radius 2 is 2.12 bits per heavy atom. The number of benzene rings is 1. The van der Waals surface area contributed by atoms with Crippen LogP contribution in [0.15, 0.2) is 18.2 Å². The molecule has 0 spiro atoms. The number of carbonyl (C=O) groups excluding carboxylic acids is 1. The van der Waals surface area contributed by atoms with E-state index in [0.717, 1.165) is 0 Å². The van der Waals surface area contributed by atoms with Gasteiger partial charge in [0.2, 0.25) is 12.2 Å². The molecule has 9 heteroatoms. The zero-order chi connectivity index (χ0) is 19.1. The van der Waals surface area contributed by atoms with Crippen molar-refractivity contribution in [3.05, 3.63) is 28.2 Å². The lowest BCUT2D eigenvalue weighted by Gasteiger charge is -2.49. The molecule has 2 saturated heterocycles. The molecule has 26 heavy (non-hydrogen) atoms. The second-order valence-electron chi connectivity index (χ2n) is 6.75. The number of nitrogens with one attached hydrogen (secondary N) is 1. The predicted molar refractivity (Wildman–Crippen MR) is 94.3 cm³/mol. The molecule has 0 radical (unpaired) electrons. The highest BCUT2D eigenvalue weighted by molar-refractivity contribution is 6.35. The van der Waals surface area contributed by atoms with Crippen molar-refractivity contribution in [2.75, 3.05) is 6.61 Å². The molecule has 144 valence electrons. The first-order chi connectivity index (χ1) is 12.2. The number of aliphatic hydroxyl groups excluding tert-OH is 1. The lowest BCUT2D eigenvalue weighted by molar-refractivity contribution is -0.361. The quantitative estimate of drug-likeness (QED) is 0.800. The molecule has 2 fully saturated rings. The molecule has 2 N–H and O–H groups in total. The molecule has 1 aromatic rings. The molecule has 0 aromatic heterocycles. The number of hydrogen-bond acceptors (Lipinski definition) is 6. The number of ether oxygens (including phenoxy) is 4. The van der Waals surface area contributed by atoms with Crippen LogP contribution in [0.5, 0.6) is 5.75 Å². The minimum absolute atomic E-state index is 0.218. The molecule has 2 aliphatic rings. The van der Waals surface area contributed by atoms with Crippen LogP contribution in [0.4, 0.5) is 0 Å². The first kappa shape index (κ1) is 19.7. The summed E-state index contributed by atoms with van der Waals surface area (Å²) in [4.78, 5) is 11.6. The maximum atomic E-state index is 11.6. The molecule has 5 atom stereocenters. The molecule has 0 unspecified atom stereocenters. The Morgan fingerprint density at radius 3 is 2.77 bits per heavy atom. The zero-order valence-electron chi connectivity index (χ0n) is 14.6. The maximum Gasteiger partial charge on any atom is 0.223 e. The van der Waals surface area contributed by atoms with Gasteiger partial charge in [-0.15, -0.1) is 0 Å². The summed E-state index contributed by atoms with van der Waals surface area (Å²) >= 11 is 12.0. The SMILES string of the molecule is CC(=O)N[C@H]1[C@H](Oc2ccc(Cl)cc2Cl)O[C@@H]2COC(C)(C)O[C@H]2[C@@H]1O. The van der Waals surface area contributed by atoms with E-state index in [1.165, 1.54) is 13.0 Å². The number of fused-ring (bicyclic) bond motifs is 1. The summed E-state index contributed by atoms with van der Waals surface area (Å²) in [7, 11) is 0. The van der Waals surface area contributed by atoms with Gasteiger partial charge in [-0.05, 0) is 32.0 Å². The summed E-state index contributed by atoms with van der Waals surface area (Å²) < 4.78 is 23.1. The van der Waals surface area contributed by atoms with E-state index in [1.54, 1.807) is 26.0 Å². The Hall–Kier alpha value is -1.09. The van der Waals surface area contributed by atoms with Gasteiger partial charge in [0.05, 0.1) is 11.6 Å². The molecule has 1 aromatic carbocycles. The van der Waals surface area contributed by atoms with Crippen LogP contribution < -0.4 is 10.1 Å². The van der Waals surface area contributed by atoms with Gasteiger partial charge >= 0.3 is 0 Å². The van der Waals surface area contributed by atoms with Crippen LogP contribution in [0.2, 0.25) is 10.0 Å². The van der Waals surface area contributed by atoms with Crippen molar-refractivity contribution in [1.29, 1.82) is 0 Å². The topological polar surface area (TPSA) is 86.3 Å². The first-order valence-electron chi connectivity index (χ1n) is 8.20. The average molecular weight is 406 g/mol. The third kappa shape index (κ3) is 4.24. The Balaban J connectivity index is 1.84. The average Bonchev–Trinajstić information content (AvgIpc) is 2.53. The van der Waals surface area contributed by atoms with Gasteiger partial charge in [-0.3, -0.25) is 4.79 Å². The molecule has 2 heterocycles.